The molecule has 0 bridgehead atoms. The molecule has 0 unspecified atom stereocenters. The average Bonchev–Trinajstić information content (AvgIpc) is 3.61. The van der Waals surface area contributed by atoms with Gasteiger partial charge in [-0.25, -0.2) is 9.18 Å². The number of halogens is 1. The summed E-state index contributed by atoms with van der Waals surface area (Å²) in [4.78, 5) is 12.0. The summed E-state index contributed by atoms with van der Waals surface area (Å²) in [5, 5.41) is 9.82. The zero-order chi connectivity index (χ0) is 22.9. The standard InChI is InChI=1S/C25H29FO6/c1-15-12-21(22(26)23(29-3)16(15)2)20-7-6-19(13-17(20)14-31-18-4-5-18)32-25(24(27)28)8-10-30-11-9-25/h6-7,12-13,18H,4-5,8-11,14H2,1-3H3,(H,27,28). The Bertz CT molecular complexity index is 1010. The van der Waals surface area contributed by atoms with Gasteiger partial charge in [0.25, 0.3) is 0 Å². The summed E-state index contributed by atoms with van der Waals surface area (Å²) in [6.45, 7) is 4.69. The quantitative estimate of drug-likeness (QED) is 0.630. The van der Waals surface area contributed by atoms with Crippen LogP contribution < -0.4 is 9.47 Å². The van der Waals surface area contributed by atoms with E-state index in [2.05, 4.69) is 0 Å². The highest BCUT2D eigenvalue weighted by atomic mass is 19.1. The minimum absolute atomic E-state index is 0.215. The first-order valence-electron chi connectivity index (χ1n) is 10.9. The molecule has 4 rings (SSSR count). The number of aliphatic carboxylic acids is 1. The molecule has 172 valence electrons. The van der Waals surface area contributed by atoms with Crippen LogP contribution in [0, 0.1) is 19.7 Å². The fraction of sp³-hybridized carbons (Fsp3) is 0.480. The molecule has 0 atom stereocenters. The second-order valence-corrected chi connectivity index (χ2v) is 8.56. The zero-order valence-corrected chi connectivity index (χ0v) is 18.7. The van der Waals surface area contributed by atoms with Gasteiger partial charge in [0.15, 0.2) is 11.6 Å². The van der Waals surface area contributed by atoms with E-state index in [1.807, 2.05) is 13.8 Å². The van der Waals surface area contributed by atoms with Crippen molar-refractivity contribution in [1.82, 2.24) is 0 Å². The highest BCUT2D eigenvalue weighted by Crippen LogP contribution is 2.39. The molecule has 6 nitrogen and oxygen atoms in total. The van der Waals surface area contributed by atoms with Crippen molar-refractivity contribution in [3.05, 3.63) is 46.8 Å². The third-order valence-corrected chi connectivity index (χ3v) is 6.30. The zero-order valence-electron chi connectivity index (χ0n) is 18.7. The first kappa shape index (κ1) is 22.6. The van der Waals surface area contributed by atoms with Crippen molar-refractivity contribution in [1.29, 1.82) is 0 Å². The van der Waals surface area contributed by atoms with E-state index in [0.29, 0.717) is 30.1 Å². The van der Waals surface area contributed by atoms with Crippen molar-refractivity contribution in [2.45, 2.75) is 57.8 Å². The summed E-state index contributed by atoms with van der Waals surface area (Å²) >= 11 is 0. The Labute approximate surface area is 187 Å². The number of methoxy groups -OCH3 is 1. The van der Waals surface area contributed by atoms with E-state index in [9.17, 15) is 9.90 Å². The number of carboxylic acid groups (broad SMARTS) is 1. The molecular weight excluding hydrogens is 415 g/mol. The second kappa shape index (κ2) is 9.08. The fourth-order valence-electron chi connectivity index (χ4n) is 4.04. The maximum absolute atomic E-state index is 15.3. The van der Waals surface area contributed by atoms with Crippen LogP contribution in [0.1, 0.15) is 42.4 Å². The normalized spacial score (nSPS) is 17.8. The van der Waals surface area contributed by atoms with Gasteiger partial charge in [-0.15, -0.1) is 0 Å². The van der Waals surface area contributed by atoms with Crippen LogP contribution in [0.3, 0.4) is 0 Å². The Morgan fingerprint density at radius 3 is 2.53 bits per heavy atom. The van der Waals surface area contributed by atoms with Crippen LogP contribution in [0.5, 0.6) is 11.5 Å². The molecule has 1 saturated carbocycles. The molecule has 1 N–H and O–H groups in total. The smallest absolute Gasteiger partial charge is 0.348 e. The minimum atomic E-state index is -1.33. The van der Waals surface area contributed by atoms with E-state index < -0.39 is 17.4 Å². The predicted molar refractivity (Wildman–Crippen MR) is 117 cm³/mol. The molecule has 1 saturated heterocycles. The topological polar surface area (TPSA) is 74.2 Å². The van der Waals surface area contributed by atoms with Crippen LogP contribution in [0.15, 0.2) is 24.3 Å². The van der Waals surface area contributed by atoms with Crippen LogP contribution >= 0.6 is 0 Å². The van der Waals surface area contributed by atoms with Crippen molar-refractivity contribution in [3.63, 3.8) is 0 Å². The van der Waals surface area contributed by atoms with Gasteiger partial charge in [0, 0.05) is 18.4 Å². The Hall–Kier alpha value is -2.64. The van der Waals surface area contributed by atoms with Crippen molar-refractivity contribution >= 4 is 5.97 Å². The number of ether oxygens (including phenoxy) is 4. The van der Waals surface area contributed by atoms with Crippen LogP contribution in [-0.2, 0) is 20.9 Å². The first-order chi connectivity index (χ1) is 15.3. The predicted octanol–water partition coefficient (Wildman–Crippen LogP) is 4.81. The van der Waals surface area contributed by atoms with Crippen LogP contribution in [-0.4, -0.2) is 43.1 Å². The summed E-state index contributed by atoms with van der Waals surface area (Å²) in [6, 6.07) is 7.03. The Morgan fingerprint density at radius 1 is 1.19 bits per heavy atom. The van der Waals surface area contributed by atoms with Gasteiger partial charge >= 0.3 is 5.97 Å². The third kappa shape index (κ3) is 4.45. The maximum Gasteiger partial charge on any atom is 0.348 e. The van der Waals surface area contributed by atoms with Crippen LogP contribution in [0.25, 0.3) is 11.1 Å². The highest BCUT2D eigenvalue weighted by molar-refractivity contribution is 5.78. The van der Waals surface area contributed by atoms with Gasteiger partial charge < -0.3 is 24.1 Å². The Morgan fingerprint density at radius 2 is 1.91 bits per heavy atom. The molecule has 7 heteroatoms. The number of carbonyl (C=O) groups is 1. The molecule has 0 aromatic heterocycles. The lowest BCUT2D eigenvalue weighted by molar-refractivity contribution is -0.163. The molecule has 1 aliphatic heterocycles. The summed E-state index contributed by atoms with van der Waals surface area (Å²) in [7, 11) is 1.46. The summed E-state index contributed by atoms with van der Waals surface area (Å²) < 4.78 is 37.9. The fourth-order valence-corrected chi connectivity index (χ4v) is 4.04. The number of aryl methyl sites for hydroxylation is 1. The monoisotopic (exact) mass is 444 g/mol. The number of benzene rings is 2. The number of carboxylic acids is 1. The number of hydrogen-bond acceptors (Lipinski definition) is 5. The Kier molecular flexibility index (Phi) is 6.40. The van der Waals surface area contributed by atoms with Crippen molar-refractivity contribution in [2.24, 2.45) is 0 Å². The van der Waals surface area contributed by atoms with Gasteiger partial charge in [0.1, 0.15) is 5.75 Å². The maximum atomic E-state index is 15.3. The van der Waals surface area contributed by atoms with Gasteiger partial charge in [-0.1, -0.05) is 6.07 Å². The molecule has 2 aromatic rings. The highest BCUT2D eigenvalue weighted by Gasteiger charge is 2.43. The van der Waals surface area contributed by atoms with E-state index in [0.717, 1.165) is 29.5 Å². The first-order valence-corrected chi connectivity index (χ1v) is 10.9. The Balaban J connectivity index is 1.74. The molecule has 32 heavy (non-hydrogen) atoms. The molecule has 1 heterocycles. The molecule has 0 radical (unpaired) electrons. The summed E-state index contributed by atoms with van der Waals surface area (Å²) in [5.74, 6) is -0.793. The van der Waals surface area contributed by atoms with E-state index in [1.54, 1.807) is 24.3 Å². The van der Waals surface area contributed by atoms with E-state index in [-0.39, 0.29) is 31.3 Å². The molecular formula is C25H29FO6. The van der Waals surface area contributed by atoms with Crippen LogP contribution in [0.4, 0.5) is 4.39 Å². The molecule has 0 amide bonds. The molecule has 1 aliphatic carbocycles. The molecule has 0 spiro atoms. The average molecular weight is 444 g/mol. The largest absolute Gasteiger partial charge is 0.493 e. The lowest BCUT2D eigenvalue weighted by Crippen LogP contribution is -2.49. The minimum Gasteiger partial charge on any atom is -0.493 e. The third-order valence-electron chi connectivity index (χ3n) is 6.30. The van der Waals surface area contributed by atoms with E-state index >= 15 is 4.39 Å². The van der Waals surface area contributed by atoms with Gasteiger partial charge in [-0.05, 0) is 67.1 Å². The van der Waals surface area contributed by atoms with Crippen molar-refractivity contribution < 1.29 is 33.2 Å². The van der Waals surface area contributed by atoms with Crippen molar-refractivity contribution in [2.75, 3.05) is 20.3 Å². The lowest BCUT2D eigenvalue weighted by Gasteiger charge is -2.33. The number of hydrogen-bond donors (Lipinski definition) is 1. The van der Waals surface area contributed by atoms with Crippen LogP contribution in [0.2, 0.25) is 0 Å². The number of rotatable bonds is 8. The summed E-state index contributed by atoms with van der Waals surface area (Å²) in [5.41, 5.74) is 2.18. The van der Waals surface area contributed by atoms with Gasteiger partial charge in [-0.3, -0.25) is 0 Å². The second-order valence-electron chi connectivity index (χ2n) is 8.56. The van der Waals surface area contributed by atoms with Gasteiger partial charge in [-0.2, -0.15) is 0 Å². The molecule has 2 fully saturated rings. The van der Waals surface area contributed by atoms with Gasteiger partial charge in [0.05, 0.1) is 33.0 Å². The lowest BCUT2D eigenvalue weighted by atomic mass is 9.93. The van der Waals surface area contributed by atoms with Gasteiger partial charge in [0.2, 0.25) is 5.60 Å². The SMILES string of the molecule is COc1c(C)c(C)cc(-c2ccc(OC3(C(=O)O)CCOCC3)cc2COC2CC2)c1F. The summed E-state index contributed by atoms with van der Waals surface area (Å²) in [6.07, 6.45) is 2.77. The van der Waals surface area contributed by atoms with E-state index in [1.165, 1.54) is 7.11 Å². The molecule has 2 aromatic carbocycles. The van der Waals surface area contributed by atoms with Crippen molar-refractivity contribution in [3.8, 4) is 22.6 Å². The van der Waals surface area contributed by atoms with E-state index in [4.69, 9.17) is 18.9 Å². The molecule has 2 aliphatic rings.